The van der Waals surface area contributed by atoms with Gasteiger partial charge in [0, 0.05) is 33.0 Å². The van der Waals surface area contributed by atoms with Crippen LogP contribution in [0.4, 0.5) is 11.4 Å². The van der Waals surface area contributed by atoms with Crippen molar-refractivity contribution in [2.24, 2.45) is 0 Å². The molecule has 0 saturated heterocycles. The number of hydrogen-bond donors (Lipinski definition) is 3. The smallest absolute Gasteiger partial charge is 0.231 e. The Morgan fingerprint density at radius 3 is 1.46 bits per heavy atom. The van der Waals surface area contributed by atoms with Crippen LogP contribution in [0.15, 0.2) is 60.7 Å². The molecule has 0 aliphatic carbocycles. The summed E-state index contributed by atoms with van der Waals surface area (Å²) < 4.78 is 11.0. The van der Waals surface area contributed by atoms with E-state index in [1.165, 1.54) is 21.6 Å². The number of rotatable bonds is 4. The van der Waals surface area contributed by atoms with Crippen molar-refractivity contribution in [2.75, 3.05) is 23.8 Å². The van der Waals surface area contributed by atoms with Crippen molar-refractivity contribution in [3.63, 3.8) is 0 Å². The average Bonchev–Trinajstić information content (AvgIpc) is 2.69. The van der Waals surface area contributed by atoms with Crippen molar-refractivity contribution in [1.29, 1.82) is 5.41 Å². The second-order valence-electron chi connectivity index (χ2n) is 4.89. The lowest BCUT2D eigenvalue weighted by Crippen LogP contribution is -2.20. The highest BCUT2D eigenvalue weighted by atomic mass is 33.1. The van der Waals surface area contributed by atoms with Crippen LogP contribution in [0.5, 0.6) is 0 Å². The Hall–Kier alpha value is -1.81. The largest absolute Gasteiger partial charge is 0.478 e. The van der Waals surface area contributed by atoms with Crippen LogP contribution in [0.3, 0.4) is 0 Å². The Labute approximate surface area is 184 Å². The van der Waals surface area contributed by atoms with Gasteiger partial charge < -0.3 is 20.1 Å². The van der Waals surface area contributed by atoms with Gasteiger partial charge in [-0.15, -0.1) is 0 Å². The molecule has 0 radical (unpaired) electrons. The second-order valence-corrected chi connectivity index (χ2v) is 8.22. The van der Waals surface area contributed by atoms with Crippen molar-refractivity contribution in [3.8, 4) is 0 Å². The zero-order valence-corrected chi connectivity index (χ0v) is 18.9. The van der Waals surface area contributed by atoms with E-state index in [0.717, 1.165) is 11.4 Å². The van der Waals surface area contributed by atoms with E-state index in [2.05, 4.69) is 10.6 Å². The van der Waals surface area contributed by atoms with E-state index in [0.29, 0.717) is 22.0 Å². The Bertz CT molecular complexity index is 669. The summed E-state index contributed by atoms with van der Waals surface area (Å²) >= 11 is 9.72. The monoisotopic (exact) mass is 453 g/mol. The van der Waals surface area contributed by atoms with E-state index in [9.17, 15) is 0 Å². The predicted molar refractivity (Wildman–Crippen MR) is 131 cm³/mol. The van der Waals surface area contributed by atoms with Crippen molar-refractivity contribution in [3.05, 3.63) is 60.7 Å². The van der Waals surface area contributed by atoms with Crippen LogP contribution in [0, 0.1) is 5.41 Å². The van der Waals surface area contributed by atoms with Gasteiger partial charge in [0.2, 0.25) is 8.77 Å². The number of anilines is 2. The van der Waals surface area contributed by atoms with Crippen LogP contribution in [-0.4, -0.2) is 27.9 Å². The molecule has 0 bridgehead atoms. The summed E-state index contributed by atoms with van der Waals surface area (Å²) in [5, 5.41) is 13.7. The van der Waals surface area contributed by atoms with Gasteiger partial charge in [0.1, 0.15) is 0 Å². The molecule has 2 aromatic rings. The average molecular weight is 454 g/mol. The summed E-state index contributed by atoms with van der Waals surface area (Å²) in [6.45, 7) is 4.96. The van der Waals surface area contributed by atoms with Crippen LogP contribution in [0.25, 0.3) is 0 Å². The molecule has 28 heavy (non-hydrogen) atoms. The topological polar surface area (TPSA) is 66.4 Å². The van der Waals surface area contributed by atoms with Gasteiger partial charge in [-0.25, -0.2) is 0 Å². The summed E-state index contributed by atoms with van der Waals surface area (Å²) in [4.78, 5) is 0. The first-order valence-corrected chi connectivity index (χ1v) is 11.4. The van der Waals surface area contributed by atoms with Crippen LogP contribution in [0.2, 0.25) is 0 Å². The lowest BCUT2D eigenvalue weighted by molar-refractivity contribution is 0.345. The molecule has 0 saturated carbocycles. The number of ether oxygens (including phenoxy) is 2. The fourth-order valence-electron chi connectivity index (χ4n) is 1.71. The van der Waals surface area contributed by atoms with Crippen LogP contribution >= 0.6 is 46.0 Å². The van der Waals surface area contributed by atoms with Crippen LogP contribution in [0.1, 0.15) is 13.8 Å². The highest BCUT2D eigenvalue weighted by Crippen LogP contribution is 2.25. The number of nitrogens with one attached hydrogen (secondary N) is 3. The minimum atomic E-state index is 0.261. The van der Waals surface area contributed by atoms with Gasteiger partial charge >= 0.3 is 0 Å². The van der Waals surface area contributed by atoms with E-state index in [1.54, 1.807) is 0 Å². The first-order valence-electron chi connectivity index (χ1n) is 8.45. The van der Waals surface area contributed by atoms with E-state index < -0.39 is 0 Å². The predicted octanol–water partition coefficient (Wildman–Crippen LogP) is 6.16. The molecule has 2 rings (SSSR count). The molecule has 5 nitrogen and oxygen atoms in total. The molecule has 3 N–H and O–H groups in total. The van der Waals surface area contributed by atoms with E-state index in [1.807, 2.05) is 74.5 Å². The molecule has 0 fully saturated rings. The Morgan fingerprint density at radius 1 is 0.786 bits per heavy atom. The lowest BCUT2D eigenvalue weighted by Gasteiger charge is -2.09. The Kier molecular flexibility index (Phi) is 13.1. The molecule has 150 valence electrons. The van der Waals surface area contributed by atoms with Gasteiger partial charge in [0.15, 0.2) is 5.96 Å². The lowest BCUT2D eigenvalue weighted by atomic mass is 10.3. The molecule has 0 spiro atoms. The molecule has 0 aliphatic rings. The number of hydrogen-bond acceptors (Lipinski definition) is 7. The van der Waals surface area contributed by atoms with Crippen molar-refractivity contribution >= 4 is 72.1 Å². The molecule has 0 amide bonds. The third-order valence-corrected chi connectivity index (χ3v) is 5.91. The fourth-order valence-corrected chi connectivity index (χ4v) is 3.73. The van der Waals surface area contributed by atoms with Gasteiger partial charge in [-0.1, -0.05) is 36.4 Å². The second kappa shape index (κ2) is 15.2. The summed E-state index contributed by atoms with van der Waals surface area (Å²) in [6.07, 6.45) is 0. The van der Waals surface area contributed by atoms with Gasteiger partial charge in [-0.05, 0) is 62.5 Å². The van der Waals surface area contributed by atoms with Crippen molar-refractivity contribution in [1.82, 2.24) is 0 Å². The Balaban J connectivity index is 0.000000295. The Morgan fingerprint density at radius 2 is 1.14 bits per heavy atom. The van der Waals surface area contributed by atoms with Crippen LogP contribution < -0.4 is 10.6 Å². The number of benzene rings is 2. The summed E-state index contributed by atoms with van der Waals surface area (Å²) in [6, 6.07) is 19.3. The maximum Gasteiger partial charge on any atom is 0.231 e. The zero-order valence-electron chi connectivity index (χ0n) is 15.6. The first-order chi connectivity index (χ1) is 13.5. The highest BCUT2D eigenvalue weighted by molar-refractivity contribution is 8.89. The quantitative estimate of drug-likeness (QED) is 0.220. The minimum Gasteiger partial charge on any atom is -0.478 e. The van der Waals surface area contributed by atoms with Crippen LogP contribution in [-0.2, 0) is 9.47 Å². The standard InChI is InChI=1S/C13H13N3.C6H10O2S4/c14-13(15-11-7-3-1-4-8-11)16-12-9-5-2-6-10-12;1-3-7-5(9)11-12-6(10)8-4-2/h1-10H,(H3,14,15,16);3-4H2,1-2H3. The normalized spacial score (nSPS) is 9.36. The van der Waals surface area contributed by atoms with Crippen molar-refractivity contribution in [2.45, 2.75) is 13.8 Å². The summed E-state index contributed by atoms with van der Waals surface area (Å²) in [7, 11) is 2.62. The van der Waals surface area contributed by atoms with Gasteiger partial charge in [-0.3, -0.25) is 5.41 Å². The molecule has 0 atom stereocenters. The fraction of sp³-hybridized carbons (Fsp3) is 0.211. The van der Waals surface area contributed by atoms with Gasteiger partial charge in [0.05, 0.1) is 13.2 Å². The third-order valence-electron chi connectivity index (χ3n) is 2.79. The maximum atomic E-state index is 7.74. The van der Waals surface area contributed by atoms with E-state index in [4.69, 9.17) is 39.3 Å². The van der Waals surface area contributed by atoms with Gasteiger partial charge in [0.25, 0.3) is 0 Å². The number of para-hydroxylation sites is 2. The SMILES string of the molecule is CCOC(=S)SSC(=S)OCC.N=C(Nc1ccccc1)Nc1ccccc1. The minimum absolute atomic E-state index is 0.261. The van der Waals surface area contributed by atoms with Gasteiger partial charge in [-0.2, -0.15) is 0 Å². The number of guanidine groups is 1. The molecular formula is C19H23N3O2S4. The molecule has 0 heterocycles. The highest BCUT2D eigenvalue weighted by Gasteiger charge is 2.02. The van der Waals surface area contributed by atoms with E-state index >= 15 is 0 Å². The zero-order chi connectivity index (χ0) is 20.6. The van der Waals surface area contributed by atoms with E-state index in [-0.39, 0.29) is 5.96 Å². The maximum absolute atomic E-state index is 7.74. The third kappa shape index (κ3) is 11.8. The summed E-state index contributed by atoms with van der Waals surface area (Å²) in [5.41, 5.74) is 1.80. The molecule has 9 heteroatoms. The molecule has 2 aromatic carbocycles. The molecule has 0 aromatic heterocycles. The number of thiocarbonyl (C=S) groups is 2. The molecular weight excluding hydrogens is 430 g/mol. The first kappa shape index (κ1) is 24.2. The molecule has 0 aliphatic heterocycles. The summed E-state index contributed by atoms with van der Waals surface area (Å²) in [5.74, 6) is 0.261. The molecule has 0 unspecified atom stereocenters. The van der Waals surface area contributed by atoms with Crippen molar-refractivity contribution < 1.29 is 9.47 Å².